The van der Waals surface area contributed by atoms with E-state index in [2.05, 4.69) is 20.8 Å². The number of fused-ring (bicyclic) bond motifs is 2. The summed E-state index contributed by atoms with van der Waals surface area (Å²) in [4.78, 5) is 24.0. The average Bonchev–Trinajstić information content (AvgIpc) is 3.18. The van der Waals surface area contributed by atoms with Gasteiger partial charge in [-0.3, -0.25) is 9.59 Å². The third-order valence-electron chi connectivity index (χ3n) is 7.12. The van der Waals surface area contributed by atoms with E-state index in [9.17, 15) is 9.59 Å². The van der Waals surface area contributed by atoms with Crippen LogP contribution < -0.4 is 0 Å². The molecule has 154 valence electrons. The van der Waals surface area contributed by atoms with Gasteiger partial charge in [0.15, 0.2) is 0 Å². The van der Waals surface area contributed by atoms with Gasteiger partial charge in [0.2, 0.25) is 0 Å². The number of carbonyl (C=O) groups excluding carboxylic acids is 2. The van der Waals surface area contributed by atoms with E-state index < -0.39 is 5.60 Å². The monoisotopic (exact) mass is 380 g/mol. The Labute approximate surface area is 163 Å². The Hall–Kier alpha value is -1.10. The molecule has 0 spiro atoms. The Morgan fingerprint density at radius 2 is 1.78 bits per heavy atom. The van der Waals surface area contributed by atoms with Gasteiger partial charge in [-0.05, 0) is 44.4 Å². The van der Waals surface area contributed by atoms with Crippen LogP contribution >= 0.6 is 0 Å². The first-order valence-electron chi connectivity index (χ1n) is 10.8. The number of carbonyl (C=O) groups is 2. The Kier molecular flexibility index (Phi) is 6.19. The smallest absolute Gasteiger partial charge is 0.309 e. The zero-order valence-corrected chi connectivity index (χ0v) is 17.5. The third kappa shape index (κ3) is 4.67. The van der Waals surface area contributed by atoms with Crippen LogP contribution in [-0.4, -0.2) is 35.9 Å². The van der Waals surface area contributed by atoms with Gasteiger partial charge in [0, 0.05) is 12.8 Å². The molecule has 3 rings (SSSR count). The quantitative estimate of drug-likeness (QED) is 0.502. The van der Waals surface area contributed by atoms with Crippen LogP contribution in [0.3, 0.4) is 0 Å². The predicted molar refractivity (Wildman–Crippen MR) is 102 cm³/mol. The molecule has 3 aliphatic rings. The molecule has 5 nitrogen and oxygen atoms in total. The minimum atomic E-state index is -0.434. The molecule has 27 heavy (non-hydrogen) atoms. The van der Waals surface area contributed by atoms with Gasteiger partial charge < -0.3 is 14.2 Å². The molecule has 0 N–H and O–H groups in total. The van der Waals surface area contributed by atoms with Crippen LogP contribution in [-0.2, 0) is 23.8 Å². The maximum atomic E-state index is 12.3. The molecule has 3 unspecified atom stereocenters. The molecule has 5 heteroatoms. The van der Waals surface area contributed by atoms with Crippen molar-refractivity contribution < 1.29 is 23.8 Å². The molecule has 2 saturated heterocycles. The lowest BCUT2D eigenvalue weighted by atomic mass is 9.79. The fourth-order valence-electron chi connectivity index (χ4n) is 5.08. The first kappa shape index (κ1) is 20.6. The third-order valence-corrected chi connectivity index (χ3v) is 7.12. The largest absolute Gasteiger partial charge is 0.462 e. The van der Waals surface area contributed by atoms with Crippen LogP contribution in [0.5, 0.6) is 0 Å². The molecule has 3 fully saturated rings. The van der Waals surface area contributed by atoms with Crippen LogP contribution in [0, 0.1) is 23.7 Å². The lowest BCUT2D eigenvalue weighted by Gasteiger charge is -2.29. The fourth-order valence-corrected chi connectivity index (χ4v) is 5.08. The van der Waals surface area contributed by atoms with Gasteiger partial charge in [0.1, 0.15) is 17.8 Å². The summed E-state index contributed by atoms with van der Waals surface area (Å²) in [5.74, 6) is 0.723. The average molecular weight is 381 g/mol. The fraction of sp³-hybridized carbons (Fsp3) is 0.909. The summed E-state index contributed by atoms with van der Waals surface area (Å²) >= 11 is 0. The van der Waals surface area contributed by atoms with Crippen molar-refractivity contribution in [3.8, 4) is 0 Å². The molecule has 1 aliphatic carbocycles. The molecular formula is C22H36O5. The molecule has 1 saturated carbocycles. The predicted octanol–water partition coefficient (Wildman–Crippen LogP) is 4.27. The molecule has 0 radical (unpaired) electrons. The van der Waals surface area contributed by atoms with Gasteiger partial charge in [0.05, 0.1) is 12.0 Å². The zero-order valence-electron chi connectivity index (χ0n) is 17.5. The normalized spacial score (nSPS) is 45.8. The maximum Gasteiger partial charge on any atom is 0.309 e. The summed E-state index contributed by atoms with van der Waals surface area (Å²) in [5, 5.41) is 0. The van der Waals surface area contributed by atoms with Crippen LogP contribution in [0.25, 0.3) is 0 Å². The van der Waals surface area contributed by atoms with Crippen molar-refractivity contribution in [3.63, 3.8) is 0 Å². The highest BCUT2D eigenvalue weighted by Crippen LogP contribution is 2.48. The van der Waals surface area contributed by atoms with E-state index in [1.807, 2.05) is 6.92 Å². The number of ether oxygens (including phenoxy) is 3. The van der Waals surface area contributed by atoms with Gasteiger partial charge in [0.25, 0.3) is 0 Å². The van der Waals surface area contributed by atoms with E-state index >= 15 is 0 Å². The second-order valence-electron chi connectivity index (χ2n) is 9.51. The molecule has 2 heterocycles. The van der Waals surface area contributed by atoms with Crippen LogP contribution in [0.2, 0.25) is 0 Å². The van der Waals surface area contributed by atoms with Crippen molar-refractivity contribution in [2.45, 2.75) is 103 Å². The summed E-state index contributed by atoms with van der Waals surface area (Å²) in [6, 6.07) is 0. The van der Waals surface area contributed by atoms with Crippen molar-refractivity contribution in [3.05, 3.63) is 0 Å². The first-order valence-corrected chi connectivity index (χ1v) is 10.8. The highest BCUT2D eigenvalue weighted by molar-refractivity contribution is 5.74. The van der Waals surface area contributed by atoms with Gasteiger partial charge in [-0.15, -0.1) is 0 Å². The van der Waals surface area contributed by atoms with E-state index in [0.717, 1.165) is 19.3 Å². The van der Waals surface area contributed by atoms with Crippen molar-refractivity contribution in [2.75, 3.05) is 0 Å². The number of rotatable bonds is 1. The second kappa shape index (κ2) is 8.10. The molecule has 0 aromatic heterocycles. The number of hydrogen-bond acceptors (Lipinski definition) is 5. The molecule has 2 aliphatic heterocycles. The van der Waals surface area contributed by atoms with E-state index in [4.69, 9.17) is 14.2 Å². The topological polar surface area (TPSA) is 65.1 Å². The summed E-state index contributed by atoms with van der Waals surface area (Å²) in [5.41, 5.74) is -0.434. The van der Waals surface area contributed by atoms with E-state index in [1.54, 1.807) is 0 Å². The first-order chi connectivity index (χ1) is 12.7. The van der Waals surface area contributed by atoms with Gasteiger partial charge >= 0.3 is 11.9 Å². The van der Waals surface area contributed by atoms with E-state index in [-0.39, 0.29) is 42.1 Å². The Bertz CT molecular complexity index is 561. The van der Waals surface area contributed by atoms with Crippen molar-refractivity contribution in [1.82, 2.24) is 0 Å². The Morgan fingerprint density at radius 3 is 2.48 bits per heavy atom. The van der Waals surface area contributed by atoms with Crippen LogP contribution in [0.1, 0.15) is 79.6 Å². The molecule has 8 atom stereocenters. The van der Waals surface area contributed by atoms with Crippen LogP contribution in [0.4, 0.5) is 0 Å². The summed E-state index contributed by atoms with van der Waals surface area (Å²) in [7, 11) is 0. The molecular weight excluding hydrogens is 344 g/mol. The molecule has 0 amide bonds. The Balaban J connectivity index is 1.81. The van der Waals surface area contributed by atoms with E-state index in [0.29, 0.717) is 18.3 Å². The summed E-state index contributed by atoms with van der Waals surface area (Å²) in [6.07, 6.45) is 7.03. The van der Waals surface area contributed by atoms with Crippen molar-refractivity contribution in [1.29, 1.82) is 0 Å². The standard InChI is InChI=1S/C22H36O5/c1-13-7-6-8-14(2)11-18-17(15(3)21(24)26-18)12-20(25-16(4)23)22(5)19(27-22)10-9-13/h13-15,17-20H,6-12H2,1-5H3/t13?,14?,15?,17-,18-,19+,20+,22-/m0/s1. The summed E-state index contributed by atoms with van der Waals surface area (Å²) in [6.45, 7) is 10.0. The maximum absolute atomic E-state index is 12.3. The molecule has 0 bridgehead atoms. The zero-order chi connectivity index (χ0) is 19.8. The highest BCUT2D eigenvalue weighted by atomic mass is 16.6. The SMILES string of the molecule is CC(=O)O[C@@H]1C[C@H]2C(C)C(=O)O[C@H]2CC(C)CCCC(C)CC[C@H]2O[C@]12C. The highest BCUT2D eigenvalue weighted by Gasteiger charge is 2.60. The lowest BCUT2D eigenvalue weighted by Crippen LogP contribution is -2.38. The van der Waals surface area contributed by atoms with Gasteiger partial charge in [-0.25, -0.2) is 0 Å². The second-order valence-corrected chi connectivity index (χ2v) is 9.51. The van der Waals surface area contributed by atoms with Crippen molar-refractivity contribution >= 4 is 11.9 Å². The molecule has 0 aromatic rings. The van der Waals surface area contributed by atoms with Gasteiger partial charge in [-0.1, -0.05) is 40.0 Å². The Morgan fingerprint density at radius 1 is 1.07 bits per heavy atom. The lowest BCUT2D eigenvalue weighted by molar-refractivity contribution is -0.151. The summed E-state index contributed by atoms with van der Waals surface area (Å²) < 4.78 is 17.5. The number of hydrogen-bond donors (Lipinski definition) is 0. The minimum absolute atomic E-state index is 0.0767. The minimum Gasteiger partial charge on any atom is -0.462 e. The van der Waals surface area contributed by atoms with Crippen molar-refractivity contribution in [2.24, 2.45) is 23.7 Å². The van der Waals surface area contributed by atoms with E-state index in [1.165, 1.54) is 26.2 Å². The number of esters is 2. The van der Waals surface area contributed by atoms with Crippen LogP contribution in [0.15, 0.2) is 0 Å². The van der Waals surface area contributed by atoms with Gasteiger partial charge in [-0.2, -0.15) is 0 Å². The number of epoxide rings is 1. The molecule has 0 aromatic carbocycles.